The van der Waals surface area contributed by atoms with Gasteiger partial charge in [0.2, 0.25) is 6.41 Å². The van der Waals surface area contributed by atoms with Crippen LogP contribution in [0.4, 0.5) is 5.69 Å². The van der Waals surface area contributed by atoms with Crippen LogP contribution < -0.4 is 5.32 Å². The zero-order valence-corrected chi connectivity index (χ0v) is 8.53. The van der Waals surface area contributed by atoms with E-state index >= 15 is 0 Å². The third kappa shape index (κ3) is 1.96. The van der Waals surface area contributed by atoms with E-state index in [1.54, 1.807) is 0 Å². The first-order valence-electron chi connectivity index (χ1n) is 4.86. The predicted molar refractivity (Wildman–Crippen MR) is 61.3 cm³/mol. The first kappa shape index (κ1) is 9.65. The molecule has 3 heteroatoms. The van der Waals surface area contributed by atoms with Gasteiger partial charge in [0.05, 0.1) is 11.4 Å². The SMILES string of the molecule is Cc1cc(NC=O)c2c(n1)C=CCC=C2. The number of allylic oxidation sites excluding steroid dienone is 2. The summed E-state index contributed by atoms with van der Waals surface area (Å²) in [5.74, 6) is 0. The minimum Gasteiger partial charge on any atom is -0.328 e. The lowest BCUT2D eigenvalue weighted by Crippen LogP contribution is -2.00. The van der Waals surface area contributed by atoms with E-state index in [-0.39, 0.29) is 0 Å². The van der Waals surface area contributed by atoms with Gasteiger partial charge in [-0.25, -0.2) is 0 Å². The van der Waals surface area contributed by atoms with Crippen LogP contribution >= 0.6 is 0 Å². The third-order valence-corrected chi connectivity index (χ3v) is 2.26. The van der Waals surface area contributed by atoms with Crippen LogP contribution in [0.2, 0.25) is 0 Å². The molecule has 0 aromatic carbocycles. The minimum atomic E-state index is 0.692. The van der Waals surface area contributed by atoms with Crippen molar-refractivity contribution in [3.63, 3.8) is 0 Å². The van der Waals surface area contributed by atoms with Crippen LogP contribution in [0.5, 0.6) is 0 Å². The fourth-order valence-corrected chi connectivity index (χ4v) is 1.64. The van der Waals surface area contributed by atoms with Gasteiger partial charge < -0.3 is 5.32 Å². The van der Waals surface area contributed by atoms with Crippen LogP contribution in [0.3, 0.4) is 0 Å². The van der Waals surface area contributed by atoms with Crippen LogP contribution in [0, 0.1) is 6.92 Å². The number of nitrogens with zero attached hydrogens (tertiary/aromatic N) is 1. The van der Waals surface area contributed by atoms with Crippen LogP contribution in [0.25, 0.3) is 12.2 Å². The van der Waals surface area contributed by atoms with Gasteiger partial charge >= 0.3 is 0 Å². The molecule has 1 heterocycles. The van der Waals surface area contributed by atoms with Gasteiger partial charge in [-0.1, -0.05) is 18.2 Å². The first-order valence-corrected chi connectivity index (χ1v) is 4.86. The minimum absolute atomic E-state index is 0.692. The largest absolute Gasteiger partial charge is 0.328 e. The Labute approximate surface area is 88.5 Å². The molecular weight excluding hydrogens is 188 g/mol. The standard InChI is InChI=1S/C12H12N2O/c1-9-7-12(13-8-15)10-5-3-2-4-6-11(10)14-9/h3-8H,2H2,1H3,(H,13,14,15). The number of carbonyl (C=O) groups is 1. The van der Waals surface area contributed by atoms with Crippen molar-refractivity contribution in [2.75, 3.05) is 5.32 Å². The van der Waals surface area contributed by atoms with Gasteiger partial charge in [-0.05, 0) is 25.5 Å². The molecule has 1 aromatic rings. The summed E-state index contributed by atoms with van der Waals surface area (Å²) in [5.41, 5.74) is 3.60. The summed E-state index contributed by atoms with van der Waals surface area (Å²) in [6.07, 6.45) is 9.67. The molecule has 0 bridgehead atoms. The number of anilines is 1. The highest BCUT2D eigenvalue weighted by Crippen LogP contribution is 2.24. The van der Waals surface area contributed by atoms with Crippen LogP contribution in [-0.4, -0.2) is 11.4 Å². The van der Waals surface area contributed by atoms with E-state index in [1.807, 2.05) is 25.1 Å². The van der Waals surface area contributed by atoms with Gasteiger partial charge in [-0.3, -0.25) is 9.78 Å². The summed E-state index contributed by atoms with van der Waals surface area (Å²) in [6.45, 7) is 1.92. The Morgan fingerprint density at radius 1 is 1.40 bits per heavy atom. The zero-order chi connectivity index (χ0) is 10.7. The number of fused-ring (bicyclic) bond motifs is 1. The van der Waals surface area contributed by atoms with Crippen molar-refractivity contribution in [2.24, 2.45) is 0 Å². The molecule has 1 aliphatic rings. The Balaban J connectivity index is 2.60. The molecule has 0 saturated heterocycles. The number of nitrogens with one attached hydrogen (secondary N) is 1. The Morgan fingerprint density at radius 2 is 2.20 bits per heavy atom. The van der Waals surface area contributed by atoms with Gasteiger partial charge in [0, 0.05) is 11.3 Å². The molecule has 3 nitrogen and oxygen atoms in total. The lowest BCUT2D eigenvalue weighted by molar-refractivity contribution is -0.105. The Hall–Kier alpha value is -1.90. The highest BCUT2D eigenvalue weighted by molar-refractivity contribution is 5.82. The molecule has 0 fully saturated rings. The molecule has 76 valence electrons. The third-order valence-electron chi connectivity index (χ3n) is 2.26. The molecule has 15 heavy (non-hydrogen) atoms. The zero-order valence-electron chi connectivity index (χ0n) is 8.53. The average Bonchev–Trinajstić information content (AvgIpc) is 2.43. The van der Waals surface area contributed by atoms with Crippen molar-refractivity contribution in [3.05, 3.63) is 35.2 Å². The van der Waals surface area contributed by atoms with Crippen molar-refractivity contribution >= 4 is 24.2 Å². The first-order chi connectivity index (χ1) is 7.31. The van der Waals surface area contributed by atoms with Gasteiger partial charge in [-0.2, -0.15) is 0 Å². The number of aryl methyl sites for hydroxylation is 1. The normalized spacial score (nSPS) is 13.1. The van der Waals surface area contributed by atoms with Crippen LogP contribution in [0.15, 0.2) is 18.2 Å². The fraction of sp³-hybridized carbons (Fsp3) is 0.167. The van der Waals surface area contributed by atoms with Crippen molar-refractivity contribution in [2.45, 2.75) is 13.3 Å². The van der Waals surface area contributed by atoms with Gasteiger partial charge in [0.15, 0.2) is 0 Å². The number of pyridine rings is 1. The van der Waals surface area contributed by atoms with E-state index in [4.69, 9.17) is 0 Å². The molecular formula is C12H12N2O. The maximum absolute atomic E-state index is 10.5. The van der Waals surface area contributed by atoms with Crippen molar-refractivity contribution in [3.8, 4) is 0 Å². The number of hydrogen-bond acceptors (Lipinski definition) is 2. The second-order valence-corrected chi connectivity index (χ2v) is 3.41. The van der Waals surface area contributed by atoms with Crippen molar-refractivity contribution < 1.29 is 4.79 Å². The molecule has 1 aliphatic carbocycles. The summed E-state index contributed by atoms with van der Waals surface area (Å²) in [6, 6.07) is 1.87. The van der Waals surface area contributed by atoms with E-state index < -0.39 is 0 Å². The topological polar surface area (TPSA) is 42.0 Å². The quantitative estimate of drug-likeness (QED) is 0.745. The van der Waals surface area contributed by atoms with Crippen LogP contribution in [-0.2, 0) is 4.79 Å². The Morgan fingerprint density at radius 3 is 3.00 bits per heavy atom. The Kier molecular flexibility index (Phi) is 2.63. The second-order valence-electron chi connectivity index (χ2n) is 3.41. The molecule has 0 aliphatic heterocycles. The molecule has 1 amide bonds. The van der Waals surface area contributed by atoms with Gasteiger partial charge in [0.1, 0.15) is 0 Å². The second kappa shape index (κ2) is 4.09. The number of amides is 1. The number of carbonyl (C=O) groups excluding carboxylic acids is 1. The summed E-state index contributed by atoms with van der Waals surface area (Å²) in [5, 5.41) is 2.70. The van der Waals surface area contributed by atoms with E-state index in [1.165, 1.54) is 0 Å². The van der Waals surface area contributed by atoms with Crippen LogP contribution in [0.1, 0.15) is 23.4 Å². The van der Waals surface area contributed by atoms with Crippen molar-refractivity contribution in [1.29, 1.82) is 0 Å². The number of aromatic nitrogens is 1. The van der Waals surface area contributed by atoms with E-state index in [9.17, 15) is 4.79 Å². The highest BCUT2D eigenvalue weighted by Gasteiger charge is 2.07. The average molecular weight is 200 g/mol. The smallest absolute Gasteiger partial charge is 0.211 e. The molecule has 1 N–H and O–H groups in total. The highest BCUT2D eigenvalue weighted by atomic mass is 16.1. The van der Waals surface area contributed by atoms with E-state index in [0.717, 1.165) is 29.1 Å². The molecule has 0 spiro atoms. The molecule has 0 unspecified atom stereocenters. The van der Waals surface area contributed by atoms with E-state index in [2.05, 4.69) is 22.5 Å². The summed E-state index contributed by atoms with van der Waals surface area (Å²) < 4.78 is 0. The molecule has 1 aromatic heterocycles. The molecule has 0 atom stereocenters. The monoisotopic (exact) mass is 200 g/mol. The molecule has 2 rings (SSSR count). The maximum atomic E-state index is 10.5. The number of rotatable bonds is 2. The van der Waals surface area contributed by atoms with Gasteiger partial charge in [0.25, 0.3) is 0 Å². The molecule has 0 radical (unpaired) electrons. The van der Waals surface area contributed by atoms with Gasteiger partial charge in [-0.15, -0.1) is 0 Å². The fourth-order valence-electron chi connectivity index (χ4n) is 1.64. The lowest BCUT2D eigenvalue weighted by Gasteiger charge is -2.08. The summed E-state index contributed by atoms with van der Waals surface area (Å²) >= 11 is 0. The molecule has 0 saturated carbocycles. The number of hydrogen-bond donors (Lipinski definition) is 1. The maximum Gasteiger partial charge on any atom is 0.211 e. The predicted octanol–water partition coefficient (Wildman–Crippen LogP) is 2.39. The Bertz CT molecular complexity index is 447. The van der Waals surface area contributed by atoms with E-state index in [0.29, 0.717) is 6.41 Å². The summed E-state index contributed by atoms with van der Waals surface area (Å²) in [4.78, 5) is 14.9. The van der Waals surface area contributed by atoms with Crippen molar-refractivity contribution in [1.82, 2.24) is 4.98 Å². The summed E-state index contributed by atoms with van der Waals surface area (Å²) in [7, 11) is 0. The lowest BCUT2D eigenvalue weighted by atomic mass is 10.1.